The molecule has 7 amide bonds. The first kappa shape index (κ1) is 49.9. The first-order valence-corrected chi connectivity index (χ1v) is 23.2. The number of aromatic nitrogens is 2. The second kappa shape index (κ2) is 23.2. The van der Waals surface area contributed by atoms with Gasteiger partial charge in [-0.15, -0.1) is 11.3 Å². The lowest BCUT2D eigenvalue weighted by Gasteiger charge is -2.31. The van der Waals surface area contributed by atoms with Crippen molar-refractivity contribution in [3.63, 3.8) is 0 Å². The molecule has 0 saturated carbocycles. The molecule has 4 heterocycles. The van der Waals surface area contributed by atoms with Crippen molar-refractivity contribution in [1.29, 1.82) is 0 Å². The topological polar surface area (TPSA) is 281 Å². The molecule has 2 aliphatic heterocycles. The van der Waals surface area contributed by atoms with Gasteiger partial charge in [0.15, 0.2) is 0 Å². The van der Waals surface area contributed by atoms with Crippen molar-refractivity contribution in [2.45, 2.75) is 135 Å². The van der Waals surface area contributed by atoms with E-state index >= 15 is 0 Å². The van der Waals surface area contributed by atoms with E-state index in [0.29, 0.717) is 46.4 Å². The highest BCUT2D eigenvalue weighted by molar-refractivity contribution is 7.09. The van der Waals surface area contributed by atoms with Crippen LogP contribution >= 0.6 is 11.3 Å². The lowest BCUT2D eigenvalue weighted by Crippen LogP contribution is -2.58. The van der Waals surface area contributed by atoms with E-state index in [9.17, 15) is 48.6 Å². The summed E-state index contributed by atoms with van der Waals surface area (Å²) in [5, 5.41) is 39.7. The molecule has 352 valence electrons. The summed E-state index contributed by atoms with van der Waals surface area (Å²) < 4.78 is 0. The molecule has 2 bridgehead atoms. The van der Waals surface area contributed by atoms with Crippen LogP contribution in [0.5, 0.6) is 5.75 Å². The molecule has 2 unspecified atom stereocenters. The van der Waals surface area contributed by atoms with Gasteiger partial charge in [-0.1, -0.05) is 40.5 Å². The Balaban J connectivity index is 1.44. The van der Waals surface area contributed by atoms with Gasteiger partial charge >= 0.3 is 0 Å². The summed E-state index contributed by atoms with van der Waals surface area (Å²) in [6.07, 6.45) is 5.02. The Labute approximate surface area is 381 Å². The number of rotatable bonds is 11. The van der Waals surface area contributed by atoms with E-state index < -0.39 is 89.5 Å². The predicted octanol–water partition coefficient (Wildman–Crippen LogP) is 1.79. The van der Waals surface area contributed by atoms with Crippen molar-refractivity contribution in [1.82, 2.24) is 46.8 Å². The molecule has 0 spiro atoms. The number of fused-ring (bicyclic) bond motifs is 4. The van der Waals surface area contributed by atoms with Gasteiger partial charge in [-0.25, -0.2) is 4.98 Å². The Morgan fingerprint density at radius 1 is 0.954 bits per heavy atom. The normalized spacial score (nSPS) is 23.8. The fourth-order valence-corrected chi connectivity index (χ4v) is 8.59. The average molecular weight is 920 g/mol. The quantitative estimate of drug-likeness (QED) is 0.125. The number of H-pyrrole nitrogens is 1. The zero-order chi connectivity index (χ0) is 47.4. The van der Waals surface area contributed by atoms with E-state index in [4.69, 9.17) is 0 Å². The lowest BCUT2D eigenvalue weighted by molar-refractivity contribution is -0.144. The van der Waals surface area contributed by atoms with Gasteiger partial charge in [0.1, 0.15) is 41.0 Å². The molecule has 8 atom stereocenters. The number of ketones is 1. The zero-order valence-corrected chi connectivity index (χ0v) is 38.2. The van der Waals surface area contributed by atoms with E-state index in [1.54, 1.807) is 51.4 Å². The summed E-state index contributed by atoms with van der Waals surface area (Å²) in [6.45, 7) is 8.76. The Morgan fingerprint density at radius 2 is 1.72 bits per heavy atom. The Morgan fingerprint density at radius 3 is 2.45 bits per heavy atom. The number of Topliss-reactive ketones (excluding diaryl/α,β-unsaturated/α-hetero) is 1. The van der Waals surface area contributed by atoms with Gasteiger partial charge in [-0.3, -0.25) is 38.4 Å². The van der Waals surface area contributed by atoms with Crippen LogP contribution in [0, 0.1) is 5.92 Å². The number of carbonyl (C=O) groups is 8. The van der Waals surface area contributed by atoms with Crippen molar-refractivity contribution in [2.75, 3.05) is 13.1 Å². The lowest BCUT2D eigenvalue weighted by atomic mass is 10.0. The highest BCUT2D eigenvalue weighted by Gasteiger charge is 2.40. The number of nitrogens with zero attached hydrogens (tertiary/aromatic N) is 2. The van der Waals surface area contributed by atoms with Gasteiger partial charge in [-0.2, -0.15) is 0 Å². The maximum absolute atomic E-state index is 14.5. The molecule has 1 fully saturated rings. The minimum absolute atomic E-state index is 0.00300. The highest BCUT2D eigenvalue weighted by Crippen LogP contribution is 2.25. The minimum atomic E-state index is -1.37. The smallest absolute Gasteiger partial charge is 0.290 e. The third kappa shape index (κ3) is 13.0. The van der Waals surface area contributed by atoms with Gasteiger partial charge in [-0.05, 0) is 81.2 Å². The number of amides is 7. The number of thiazole rings is 1. The van der Waals surface area contributed by atoms with Crippen LogP contribution < -0.4 is 31.9 Å². The fourth-order valence-electron chi connectivity index (χ4n) is 7.80. The molecule has 65 heavy (non-hydrogen) atoms. The van der Waals surface area contributed by atoms with Crippen molar-refractivity contribution < 1.29 is 48.6 Å². The summed E-state index contributed by atoms with van der Waals surface area (Å²) in [7, 11) is 0. The van der Waals surface area contributed by atoms with Gasteiger partial charge in [0.25, 0.3) is 5.91 Å². The molecule has 19 nitrogen and oxygen atoms in total. The van der Waals surface area contributed by atoms with Crippen molar-refractivity contribution >= 4 is 75.4 Å². The van der Waals surface area contributed by atoms with Crippen molar-refractivity contribution in [2.24, 2.45) is 5.92 Å². The third-order valence-electron chi connectivity index (χ3n) is 11.8. The number of aromatic hydroxyl groups is 1. The average Bonchev–Trinajstić information content (AvgIpc) is 4.07. The molecular weight excluding hydrogens is 859 g/mol. The molecule has 1 aromatic carbocycles. The summed E-state index contributed by atoms with van der Waals surface area (Å²) >= 11 is 1.19. The van der Waals surface area contributed by atoms with Gasteiger partial charge in [0.05, 0.1) is 17.8 Å². The standard InChI is InChI=1S/C45H61N9O10S/c1-6-11-32-38(58)43(63)48-25(5)44-49-27(23-65-44)14-17-36(56)50-34(20-26-22-47-31-16-15-28(55)21-29(26)31)39(59)46-18-9-12-33(45(64)54-19-10-13-35(54)41(61)52-32)53-40(60)30(8-3)51-42(62)37(57)24(4)7-2/h14-17,21-25,30,32-35,37,47,55,57H,6-13,18-20H2,1-5H3,(H,46,59)(H,48,63)(H,50,56)(H,51,62)(H,52,61)(H,53,60)/b17-14+/t24?,25-,30+,32+,33+,34+,35+,37?/m1/s1. The third-order valence-corrected chi connectivity index (χ3v) is 12.9. The molecule has 5 rings (SSSR count). The number of hydrogen-bond donors (Lipinski definition) is 9. The first-order chi connectivity index (χ1) is 31.0. The van der Waals surface area contributed by atoms with Crippen LogP contribution in [0.2, 0.25) is 0 Å². The number of carbonyl (C=O) groups excluding carboxylic acids is 8. The van der Waals surface area contributed by atoms with E-state index in [1.165, 1.54) is 34.5 Å². The molecule has 2 aromatic heterocycles. The van der Waals surface area contributed by atoms with E-state index in [1.807, 2.05) is 6.92 Å². The number of hydrogen-bond acceptors (Lipinski definition) is 12. The molecule has 1 saturated heterocycles. The number of nitrogens with one attached hydrogen (secondary N) is 7. The number of aliphatic hydroxyl groups is 1. The number of aliphatic hydroxyl groups excluding tert-OH is 1. The molecule has 0 radical (unpaired) electrons. The fraction of sp³-hybridized carbons (Fsp3) is 0.533. The van der Waals surface area contributed by atoms with Crippen LogP contribution in [0.15, 0.2) is 35.9 Å². The second-order valence-corrected chi connectivity index (χ2v) is 17.5. The van der Waals surface area contributed by atoms with Crippen LogP contribution in [-0.4, -0.2) is 122 Å². The molecule has 9 N–H and O–H groups in total. The van der Waals surface area contributed by atoms with E-state index in [-0.39, 0.29) is 63.3 Å². The summed E-state index contributed by atoms with van der Waals surface area (Å²) in [6, 6.07) is -1.67. The maximum atomic E-state index is 14.5. The Bertz CT molecular complexity index is 2260. The van der Waals surface area contributed by atoms with Crippen molar-refractivity contribution in [3.8, 4) is 5.75 Å². The van der Waals surface area contributed by atoms with Crippen LogP contribution in [0.4, 0.5) is 0 Å². The zero-order valence-electron chi connectivity index (χ0n) is 37.4. The van der Waals surface area contributed by atoms with Gasteiger partial charge < -0.3 is 52.0 Å². The number of phenols is 1. The molecule has 20 heteroatoms. The Hall–Kier alpha value is -6.15. The van der Waals surface area contributed by atoms with Crippen LogP contribution in [0.1, 0.15) is 108 Å². The highest BCUT2D eigenvalue weighted by atomic mass is 32.1. The summed E-state index contributed by atoms with van der Waals surface area (Å²) in [4.78, 5) is 118. The summed E-state index contributed by atoms with van der Waals surface area (Å²) in [5.41, 5.74) is 1.73. The van der Waals surface area contributed by atoms with E-state index in [0.717, 1.165) is 0 Å². The van der Waals surface area contributed by atoms with Crippen LogP contribution in [0.25, 0.3) is 17.0 Å². The van der Waals surface area contributed by atoms with Gasteiger partial charge in [0, 0.05) is 48.1 Å². The first-order valence-electron chi connectivity index (χ1n) is 22.3. The van der Waals surface area contributed by atoms with Crippen molar-refractivity contribution in [3.05, 3.63) is 52.1 Å². The second-order valence-electron chi connectivity index (χ2n) is 16.6. The van der Waals surface area contributed by atoms with Gasteiger partial charge in [0.2, 0.25) is 41.2 Å². The molecular formula is C45H61N9O10S. The monoisotopic (exact) mass is 919 g/mol. The van der Waals surface area contributed by atoms with Crippen LogP contribution in [-0.2, 0) is 44.8 Å². The molecule has 2 aliphatic rings. The largest absolute Gasteiger partial charge is 0.508 e. The van der Waals surface area contributed by atoms with Crippen LogP contribution in [0.3, 0.4) is 0 Å². The van der Waals surface area contributed by atoms with E-state index in [2.05, 4.69) is 41.9 Å². The number of phenolic OH excluding ortho intramolecular Hbond substituents is 1. The molecule has 0 aliphatic carbocycles. The summed E-state index contributed by atoms with van der Waals surface area (Å²) in [5.74, 6) is -6.02. The SMILES string of the molecule is CCC[C@@H]1NC(=O)[C@@H]2CCCN2C(=O)[C@@H](NC(=O)[C@H](CC)NC(=O)C(O)C(C)CC)CCCNC(=O)[C@H](Cc2c[nH]c3ccc(O)cc23)NC(=O)/C=C/c2csc(n2)[C@@H](C)NC(=O)C1=O. The minimum Gasteiger partial charge on any atom is -0.508 e. The number of benzene rings is 1. The Kier molecular flexibility index (Phi) is 17.8. The molecule has 3 aromatic rings. The number of aromatic amines is 1. The predicted molar refractivity (Wildman–Crippen MR) is 242 cm³/mol. The maximum Gasteiger partial charge on any atom is 0.290 e.